The Kier molecular flexibility index (Phi) is 10.8. The number of rotatable bonds is 11. The van der Waals surface area contributed by atoms with Gasteiger partial charge in [0.15, 0.2) is 0 Å². The van der Waals surface area contributed by atoms with Crippen molar-refractivity contribution < 1.29 is 9.59 Å². The highest BCUT2D eigenvalue weighted by Gasteiger charge is 2.32. The molecule has 0 heterocycles. The molecule has 1 aliphatic carbocycles. The van der Waals surface area contributed by atoms with Crippen LogP contribution in [0.5, 0.6) is 0 Å². The topological polar surface area (TPSA) is 49.4 Å². The Bertz CT molecular complexity index is 1210. The zero-order valence-corrected chi connectivity index (χ0v) is 24.1. The first-order valence-electron chi connectivity index (χ1n) is 12.8. The van der Waals surface area contributed by atoms with E-state index in [0.717, 1.165) is 42.4 Å². The summed E-state index contributed by atoms with van der Waals surface area (Å²) in [5.41, 5.74) is 2.67. The molecule has 1 atom stereocenters. The number of nitrogens with zero attached hydrogens (tertiary/aromatic N) is 1. The first kappa shape index (κ1) is 28.8. The lowest BCUT2D eigenvalue weighted by molar-refractivity contribution is -0.139. The normalized spacial score (nSPS) is 14.3. The van der Waals surface area contributed by atoms with E-state index in [1.54, 1.807) is 29.2 Å². The summed E-state index contributed by atoms with van der Waals surface area (Å²) < 4.78 is 0. The Balaban J connectivity index is 1.58. The second-order valence-electron chi connectivity index (χ2n) is 9.54. The standard InChI is InChI=1S/C30H31Cl3N2O2S/c31-23-11-6-10-22(16-23)18-35(29(36)20-38-19-25-26(32)14-7-15-27(25)33)28(17-21-8-2-1-3-9-21)30(37)34-24-12-4-5-13-24/h1-3,6-11,14-16,24,28H,4-5,12-13,17-20H2,(H,34,37)/t28-/m1/s1. The number of amides is 2. The molecule has 2 amide bonds. The predicted octanol–water partition coefficient (Wildman–Crippen LogP) is 7.58. The van der Waals surface area contributed by atoms with Crippen LogP contribution in [0.15, 0.2) is 72.8 Å². The van der Waals surface area contributed by atoms with Gasteiger partial charge in [-0.25, -0.2) is 0 Å². The van der Waals surface area contributed by atoms with E-state index in [2.05, 4.69) is 5.32 Å². The van der Waals surface area contributed by atoms with Crippen LogP contribution in [-0.4, -0.2) is 34.6 Å². The molecule has 1 aliphatic rings. The Morgan fingerprint density at radius 2 is 1.55 bits per heavy atom. The van der Waals surface area contributed by atoms with Crippen molar-refractivity contribution in [2.24, 2.45) is 0 Å². The molecular weight excluding hydrogens is 559 g/mol. The van der Waals surface area contributed by atoms with E-state index < -0.39 is 6.04 Å². The summed E-state index contributed by atoms with van der Waals surface area (Å²) in [4.78, 5) is 29.2. The lowest BCUT2D eigenvalue weighted by Gasteiger charge is -2.32. The van der Waals surface area contributed by atoms with Crippen LogP contribution in [0.25, 0.3) is 0 Å². The highest BCUT2D eigenvalue weighted by atomic mass is 35.5. The number of halogens is 3. The first-order valence-corrected chi connectivity index (χ1v) is 15.1. The van der Waals surface area contributed by atoms with Gasteiger partial charge >= 0.3 is 0 Å². The van der Waals surface area contributed by atoms with E-state index in [-0.39, 0.29) is 30.2 Å². The molecule has 0 unspecified atom stereocenters. The molecule has 8 heteroatoms. The van der Waals surface area contributed by atoms with Gasteiger partial charge in [-0.15, -0.1) is 11.8 Å². The third kappa shape index (κ3) is 8.16. The van der Waals surface area contributed by atoms with Crippen molar-refractivity contribution in [3.8, 4) is 0 Å². The van der Waals surface area contributed by atoms with Crippen LogP contribution in [-0.2, 0) is 28.3 Å². The van der Waals surface area contributed by atoms with Gasteiger partial charge in [0.1, 0.15) is 6.04 Å². The van der Waals surface area contributed by atoms with Crippen molar-refractivity contribution in [1.82, 2.24) is 10.2 Å². The maximum absolute atomic E-state index is 13.8. The third-order valence-electron chi connectivity index (χ3n) is 6.75. The molecule has 0 spiro atoms. The molecule has 0 aliphatic heterocycles. The molecule has 0 radical (unpaired) electrons. The van der Waals surface area contributed by atoms with Gasteiger partial charge < -0.3 is 10.2 Å². The largest absolute Gasteiger partial charge is 0.352 e. The van der Waals surface area contributed by atoms with Gasteiger partial charge in [0.2, 0.25) is 11.8 Å². The van der Waals surface area contributed by atoms with Gasteiger partial charge in [-0.05, 0) is 53.8 Å². The zero-order chi connectivity index (χ0) is 26.9. The molecule has 4 nitrogen and oxygen atoms in total. The quantitative estimate of drug-likeness (QED) is 0.251. The lowest BCUT2D eigenvalue weighted by atomic mass is 10.0. The van der Waals surface area contributed by atoms with Gasteiger partial charge in [0.05, 0.1) is 5.75 Å². The Labute approximate surface area is 244 Å². The van der Waals surface area contributed by atoms with Gasteiger partial charge in [-0.2, -0.15) is 0 Å². The average molecular weight is 590 g/mol. The summed E-state index contributed by atoms with van der Waals surface area (Å²) in [7, 11) is 0. The van der Waals surface area contributed by atoms with Crippen molar-refractivity contribution in [1.29, 1.82) is 0 Å². The smallest absolute Gasteiger partial charge is 0.243 e. The fraction of sp³-hybridized carbons (Fsp3) is 0.333. The molecule has 38 heavy (non-hydrogen) atoms. The molecule has 3 aromatic rings. The van der Waals surface area contributed by atoms with Gasteiger partial charge in [-0.3, -0.25) is 9.59 Å². The summed E-state index contributed by atoms with van der Waals surface area (Å²) in [6.45, 7) is 0.280. The number of nitrogens with one attached hydrogen (secondary N) is 1. The Morgan fingerprint density at radius 1 is 0.895 bits per heavy atom. The Hall–Kier alpha value is -2.18. The van der Waals surface area contributed by atoms with E-state index >= 15 is 0 Å². The van der Waals surface area contributed by atoms with E-state index in [0.29, 0.717) is 27.2 Å². The molecule has 3 aromatic carbocycles. The number of hydrogen-bond acceptors (Lipinski definition) is 3. The summed E-state index contributed by atoms with van der Waals surface area (Å²) in [6, 6.07) is 22.1. The number of hydrogen-bond donors (Lipinski definition) is 1. The number of carbonyl (C=O) groups excluding carboxylic acids is 2. The van der Waals surface area contributed by atoms with Crippen LogP contribution in [0.4, 0.5) is 0 Å². The summed E-state index contributed by atoms with van der Waals surface area (Å²) >= 11 is 20.4. The first-order chi connectivity index (χ1) is 18.4. The predicted molar refractivity (Wildman–Crippen MR) is 159 cm³/mol. The summed E-state index contributed by atoms with van der Waals surface area (Å²) in [5, 5.41) is 4.97. The second kappa shape index (κ2) is 14.3. The summed E-state index contributed by atoms with van der Waals surface area (Å²) in [5.74, 6) is 0.438. The SMILES string of the molecule is O=C(NC1CCCC1)[C@@H](Cc1ccccc1)N(Cc1cccc(Cl)c1)C(=O)CSCc1c(Cl)cccc1Cl. The number of thioether (sulfide) groups is 1. The van der Waals surface area contributed by atoms with Crippen molar-refractivity contribution in [3.63, 3.8) is 0 Å². The molecule has 4 rings (SSSR count). The second-order valence-corrected chi connectivity index (χ2v) is 11.8. The van der Waals surface area contributed by atoms with Crippen LogP contribution in [0.1, 0.15) is 42.4 Å². The minimum Gasteiger partial charge on any atom is -0.352 e. The monoisotopic (exact) mass is 588 g/mol. The molecular formula is C30H31Cl3N2O2S. The molecule has 1 saturated carbocycles. The minimum absolute atomic E-state index is 0.115. The van der Waals surface area contributed by atoms with Gasteiger partial charge in [-0.1, -0.05) is 96.2 Å². The molecule has 200 valence electrons. The summed E-state index contributed by atoms with van der Waals surface area (Å²) in [6.07, 6.45) is 4.59. The van der Waals surface area contributed by atoms with Crippen molar-refractivity contribution >= 4 is 58.4 Å². The van der Waals surface area contributed by atoms with Crippen LogP contribution in [0.2, 0.25) is 15.1 Å². The molecule has 0 bridgehead atoms. The lowest BCUT2D eigenvalue weighted by Crippen LogP contribution is -2.52. The van der Waals surface area contributed by atoms with Crippen molar-refractivity contribution in [3.05, 3.63) is 105 Å². The van der Waals surface area contributed by atoms with Crippen LogP contribution in [0.3, 0.4) is 0 Å². The van der Waals surface area contributed by atoms with Crippen LogP contribution < -0.4 is 5.32 Å². The highest BCUT2D eigenvalue weighted by molar-refractivity contribution is 7.99. The van der Waals surface area contributed by atoms with E-state index in [9.17, 15) is 9.59 Å². The maximum atomic E-state index is 13.8. The van der Waals surface area contributed by atoms with Crippen LogP contribution >= 0.6 is 46.6 Å². The maximum Gasteiger partial charge on any atom is 0.243 e. The highest BCUT2D eigenvalue weighted by Crippen LogP contribution is 2.29. The molecule has 0 aromatic heterocycles. The van der Waals surface area contributed by atoms with Crippen molar-refractivity contribution in [2.45, 2.75) is 56.5 Å². The molecule has 0 saturated heterocycles. The average Bonchev–Trinajstić information content (AvgIpc) is 3.41. The van der Waals surface area contributed by atoms with E-state index in [1.807, 2.05) is 48.5 Å². The van der Waals surface area contributed by atoms with E-state index in [1.165, 1.54) is 11.8 Å². The van der Waals surface area contributed by atoms with Gasteiger partial charge in [0, 0.05) is 39.8 Å². The van der Waals surface area contributed by atoms with Crippen molar-refractivity contribution in [2.75, 3.05) is 5.75 Å². The molecule has 1 N–H and O–H groups in total. The fourth-order valence-electron chi connectivity index (χ4n) is 4.75. The third-order valence-corrected chi connectivity index (χ3v) is 8.64. The minimum atomic E-state index is -0.658. The van der Waals surface area contributed by atoms with Gasteiger partial charge in [0.25, 0.3) is 0 Å². The number of carbonyl (C=O) groups is 2. The van der Waals surface area contributed by atoms with E-state index in [4.69, 9.17) is 34.8 Å². The molecule has 1 fully saturated rings. The zero-order valence-electron chi connectivity index (χ0n) is 21.0. The number of benzene rings is 3. The van der Waals surface area contributed by atoms with Crippen LogP contribution in [0, 0.1) is 0 Å². The fourth-order valence-corrected chi connectivity index (χ4v) is 6.61. The Morgan fingerprint density at radius 3 is 2.24 bits per heavy atom.